The lowest BCUT2D eigenvalue weighted by molar-refractivity contribution is 0.119. The summed E-state index contributed by atoms with van der Waals surface area (Å²) in [4.78, 5) is 8.62. The van der Waals surface area contributed by atoms with Gasteiger partial charge in [-0.1, -0.05) is 27.2 Å². The number of nitrogens with one attached hydrogen (secondary N) is 1. The minimum absolute atomic E-state index is 0.232. The van der Waals surface area contributed by atoms with E-state index in [2.05, 4.69) is 42.2 Å². The first-order valence-electron chi connectivity index (χ1n) is 7.44. The molecule has 1 aromatic rings. The second kappa shape index (κ2) is 5.15. The summed E-state index contributed by atoms with van der Waals surface area (Å²) >= 11 is 1.89. The molecule has 0 amide bonds. The summed E-state index contributed by atoms with van der Waals surface area (Å²) in [6.07, 6.45) is 6.17. The maximum atomic E-state index is 4.63. The molecule has 2 bridgehead atoms. The van der Waals surface area contributed by atoms with Crippen LogP contribution in [0.3, 0.4) is 0 Å². The number of likely N-dealkylation sites (tertiary alicyclic amines) is 1. The van der Waals surface area contributed by atoms with Crippen molar-refractivity contribution in [2.24, 2.45) is 0 Å². The Morgan fingerprint density at radius 1 is 1.32 bits per heavy atom. The van der Waals surface area contributed by atoms with E-state index in [1.54, 1.807) is 0 Å². The molecule has 2 saturated heterocycles. The van der Waals surface area contributed by atoms with Crippen molar-refractivity contribution < 1.29 is 0 Å². The fourth-order valence-electron chi connectivity index (χ4n) is 3.15. The molecule has 0 saturated carbocycles. The summed E-state index contributed by atoms with van der Waals surface area (Å²) < 4.78 is 0. The molecular weight excluding hydrogens is 254 g/mol. The minimum atomic E-state index is 0.232. The van der Waals surface area contributed by atoms with Crippen LogP contribution in [0, 0.1) is 0 Å². The fourth-order valence-corrected chi connectivity index (χ4v) is 4.16. The Labute approximate surface area is 120 Å². The highest BCUT2D eigenvalue weighted by molar-refractivity contribution is 7.11. The van der Waals surface area contributed by atoms with Crippen molar-refractivity contribution in [3.05, 3.63) is 16.1 Å². The van der Waals surface area contributed by atoms with Gasteiger partial charge in [0, 0.05) is 36.2 Å². The zero-order valence-electron chi connectivity index (χ0n) is 12.3. The molecule has 2 atom stereocenters. The zero-order chi connectivity index (χ0) is 13.5. The average Bonchev–Trinajstić information content (AvgIpc) is 2.76. The fraction of sp³-hybridized carbons (Fsp3) is 0.800. The lowest BCUT2D eigenvalue weighted by Gasteiger charge is -2.42. The van der Waals surface area contributed by atoms with Crippen LogP contribution in [0.4, 0.5) is 0 Å². The lowest BCUT2D eigenvalue weighted by atomic mass is 9.94. The number of rotatable bonds is 2. The number of aromatic nitrogens is 1. The highest BCUT2D eigenvalue weighted by atomic mass is 32.1. The van der Waals surface area contributed by atoms with Crippen molar-refractivity contribution in [3.8, 4) is 0 Å². The molecule has 2 aliphatic heterocycles. The largest absolute Gasteiger partial charge is 0.309 e. The van der Waals surface area contributed by atoms with Crippen molar-refractivity contribution in [3.63, 3.8) is 0 Å². The normalized spacial score (nSPS) is 28.6. The molecule has 2 unspecified atom stereocenters. The zero-order valence-corrected chi connectivity index (χ0v) is 13.1. The van der Waals surface area contributed by atoms with Crippen molar-refractivity contribution in [2.75, 3.05) is 13.1 Å². The van der Waals surface area contributed by atoms with Gasteiger partial charge in [-0.3, -0.25) is 4.90 Å². The molecule has 2 aliphatic rings. The van der Waals surface area contributed by atoms with E-state index in [0.29, 0.717) is 0 Å². The smallest absolute Gasteiger partial charge is 0.107 e. The molecule has 0 aliphatic carbocycles. The summed E-state index contributed by atoms with van der Waals surface area (Å²) in [6, 6.07) is 1.43. The molecule has 106 valence electrons. The Bertz CT molecular complexity index is 423. The van der Waals surface area contributed by atoms with Gasteiger partial charge in [-0.15, -0.1) is 11.3 Å². The quantitative estimate of drug-likeness (QED) is 0.902. The van der Waals surface area contributed by atoms with E-state index >= 15 is 0 Å². The molecule has 1 N–H and O–H groups in total. The predicted octanol–water partition coefficient (Wildman–Crippen LogP) is 2.77. The van der Waals surface area contributed by atoms with Gasteiger partial charge in [0.2, 0.25) is 0 Å². The number of fused-ring (bicyclic) bond motifs is 2. The number of hydrogen-bond acceptors (Lipinski definition) is 4. The molecule has 19 heavy (non-hydrogen) atoms. The van der Waals surface area contributed by atoms with Crippen molar-refractivity contribution >= 4 is 11.3 Å². The molecule has 1 aromatic heterocycles. The van der Waals surface area contributed by atoms with Gasteiger partial charge >= 0.3 is 0 Å². The molecule has 3 rings (SSSR count). The highest BCUT2D eigenvalue weighted by Crippen LogP contribution is 2.29. The van der Waals surface area contributed by atoms with Gasteiger partial charge in [-0.25, -0.2) is 4.98 Å². The number of hydrogen-bond donors (Lipinski definition) is 1. The van der Waals surface area contributed by atoms with Crippen LogP contribution in [-0.4, -0.2) is 35.1 Å². The van der Waals surface area contributed by atoms with E-state index in [1.807, 2.05) is 11.3 Å². The van der Waals surface area contributed by atoms with Crippen LogP contribution in [0.1, 0.15) is 49.9 Å². The molecule has 2 fully saturated rings. The third kappa shape index (κ3) is 3.18. The molecule has 0 radical (unpaired) electrons. The number of piperazine rings is 1. The van der Waals surface area contributed by atoms with E-state index in [4.69, 9.17) is 0 Å². The highest BCUT2D eigenvalue weighted by Gasteiger charge is 2.30. The average molecular weight is 279 g/mol. The summed E-state index contributed by atoms with van der Waals surface area (Å²) in [5.41, 5.74) is 0.232. The lowest BCUT2D eigenvalue weighted by Crippen LogP contribution is -2.58. The van der Waals surface area contributed by atoms with Gasteiger partial charge in [0.25, 0.3) is 0 Å². The van der Waals surface area contributed by atoms with E-state index in [1.165, 1.54) is 42.2 Å². The molecule has 0 spiro atoms. The summed E-state index contributed by atoms with van der Waals surface area (Å²) in [5, 5.41) is 5.02. The van der Waals surface area contributed by atoms with Gasteiger partial charge in [-0.05, 0) is 18.3 Å². The maximum absolute atomic E-state index is 4.63. The standard InChI is InChI=1S/C15H25N3S/c1-15(2,3)13-7-16-14(19-13)10-18-8-11-5-4-6-12(9-18)17-11/h7,11-12,17H,4-6,8-10H2,1-3H3. The van der Waals surface area contributed by atoms with Crippen LogP contribution in [0.2, 0.25) is 0 Å². The Morgan fingerprint density at radius 2 is 2.00 bits per heavy atom. The number of nitrogens with zero attached hydrogens (tertiary/aromatic N) is 2. The maximum Gasteiger partial charge on any atom is 0.107 e. The summed E-state index contributed by atoms with van der Waals surface area (Å²) in [7, 11) is 0. The third-order valence-corrected chi connectivity index (χ3v) is 5.59. The molecule has 0 aromatic carbocycles. The van der Waals surface area contributed by atoms with Crippen LogP contribution < -0.4 is 5.32 Å². The van der Waals surface area contributed by atoms with Crippen molar-refractivity contribution in [1.82, 2.24) is 15.2 Å². The van der Waals surface area contributed by atoms with Gasteiger partial charge in [0.05, 0.1) is 6.54 Å². The van der Waals surface area contributed by atoms with E-state index in [-0.39, 0.29) is 5.41 Å². The Balaban J connectivity index is 1.63. The van der Waals surface area contributed by atoms with Crippen molar-refractivity contribution in [1.29, 1.82) is 0 Å². The van der Waals surface area contributed by atoms with Gasteiger partial charge in [0.1, 0.15) is 5.01 Å². The second-order valence-corrected chi connectivity index (χ2v) is 8.17. The molecular formula is C15H25N3S. The Hall–Kier alpha value is -0.450. The molecule has 3 heterocycles. The topological polar surface area (TPSA) is 28.2 Å². The minimum Gasteiger partial charge on any atom is -0.309 e. The Morgan fingerprint density at radius 3 is 2.58 bits per heavy atom. The van der Waals surface area contributed by atoms with Crippen LogP contribution in [0.5, 0.6) is 0 Å². The van der Waals surface area contributed by atoms with Crippen LogP contribution in [0.15, 0.2) is 6.20 Å². The van der Waals surface area contributed by atoms with Crippen LogP contribution >= 0.6 is 11.3 Å². The first-order chi connectivity index (χ1) is 9.00. The first-order valence-corrected chi connectivity index (χ1v) is 8.26. The molecule has 3 nitrogen and oxygen atoms in total. The van der Waals surface area contributed by atoms with Crippen LogP contribution in [-0.2, 0) is 12.0 Å². The predicted molar refractivity (Wildman–Crippen MR) is 80.7 cm³/mol. The monoisotopic (exact) mass is 279 g/mol. The SMILES string of the molecule is CC(C)(C)c1cnc(CN2CC3CCCC(C2)N3)s1. The second-order valence-electron chi connectivity index (χ2n) is 7.05. The first kappa shape index (κ1) is 13.5. The third-order valence-electron chi connectivity index (χ3n) is 4.19. The summed E-state index contributed by atoms with van der Waals surface area (Å²) in [6.45, 7) is 10.2. The van der Waals surface area contributed by atoms with E-state index in [9.17, 15) is 0 Å². The Kier molecular flexibility index (Phi) is 3.67. The molecule has 4 heteroatoms. The van der Waals surface area contributed by atoms with E-state index in [0.717, 1.165) is 18.6 Å². The van der Waals surface area contributed by atoms with Gasteiger partial charge < -0.3 is 5.32 Å². The van der Waals surface area contributed by atoms with E-state index < -0.39 is 0 Å². The summed E-state index contributed by atoms with van der Waals surface area (Å²) in [5.74, 6) is 0. The number of thiazole rings is 1. The van der Waals surface area contributed by atoms with Gasteiger partial charge in [0.15, 0.2) is 0 Å². The van der Waals surface area contributed by atoms with Crippen LogP contribution in [0.25, 0.3) is 0 Å². The van der Waals surface area contributed by atoms with Crippen molar-refractivity contribution in [2.45, 2.75) is 64.1 Å². The van der Waals surface area contributed by atoms with Gasteiger partial charge in [-0.2, -0.15) is 0 Å². The number of piperidine rings is 1.